The Morgan fingerprint density at radius 2 is 1.45 bits per heavy atom. The van der Waals surface area contributed by atoms with Gasteiger partial charge in [-0.15, -0.1) is 23.5 Å². The first-order chi connectivity index (χ1) is 14.3. The predicted octanol–water partition coefficient (Wildman–Crippen LogP) is 5.93. The summed E-state index contributed by atoms with van der Waals surface area (Å²) in [5, 5.41) is 6.18. The minimum Gasteiger partial charge on any atom is -0.484 e. The fourth-order valence-corrected chi connectivity index (χ4v) is 5.80. The lowest BCUT2D eigenvalue weighted by molar-refractivity contribution is -0.118. The van der Waals surface area contributed by atoms with Gasteiger partial charge in [-0.2, -0.15) is 0 Å². The molecule has 0 aromatic heterocycles. The quantitative estimate of drug-likeness (QED) is 0.494. The summed E-state index contributed by atoms with van der Waals surface area (Å²) in [5.74, 6) is 2.94. The van der Waals surface area contributed by atoms with Crippen LogP contribution in [0.15, 0.2) is 78.9 Å². The Kier molecular flexibility index (Phi) is 6.64. The lowest BCUT2D eigenvalue weighted by Gasteiger charge is -2.11. The summed E-state index contributed by atoms with van der Waals surface area (Å²) < 4.78 is 6.14. The summed E-state index contributed by atoms with van der Waals surface area (Å²) in [5.41, 5.74) is 4.03. The fourth-order valence-electron chi connectivity index (χ4n) is 2.94. The first kappa shape index (κ1) is 19.7. The van der Waals surface area contributed by atoms with Crippen LogP contribution in [0, 0.1) is 0 Å². The van der Waals surface area contributed by atoms with Crippen molar-refractivity contribution in [3.63, 3.8) is 0 Å². The molecule has 1 heterocycles. The highest BCUT2D eigenvalue weighted by Gasteiger charge is 2.18. The summed E-state index contributed by atoms with van der Waals surface area (Å²) in [4.78, 5) is 12.2. The molecule has 1 saturated heterocycles. The molecule has 1 fully saturated rings. The van der Waals surface area contributed by atoms with Gasteiger partial charge < -0.3 is 15.4 Å². The molecule has 0 radical (unpaired) electrons. The van der Waals surface area contributed by atoms with Gasteiger partial charge in [-0.25, -0.2) is 0 Å². The van der Waals surface area contributed by atoms with Crippen LogP contribution in [0.3, 0.4) is 0 Å². The van der Waals surface area contributed by atoms with E-state index in [2.05, 4.69) is 22.8 Å². The fraction of sp³-hybridized carbons (Fsp3) is 0.174. The van der Waals surface area contributed by atoms with Crippen molar-refractivity contribution in [2.45, 2.75) is 4.58 Å². The average Bonchev–Trinajstić information content (AvgIpc) is 3.30. The molecule has 148 valence electrons. The van der Waals surface area contributed by atoms with E-state index in [0.29, 0.717) is 10.3 Å². The van der Waals surface area contributed by atoms with Gasteiger partial charge in [-0.05, 0) is 54.1 Å². The van der Waals surface area contributed by atoms with Crippen molar-refractivity contribution < 1.29 is 9.53 Å². The molecule has 4 rings (SSSR count). The number of hydrogen-bond acceptors (Lipinski definition) is 5. The van der Waals surface area contributed by atoms with Crippen LogP contribution in [0.1, 0.15) is 10.1 Å². The number of ether oxygens (including phenoxy) is 1. The number of hydrogen-bond donors (Lipinski definition) is 2. The van der Waals surface area contributed by atoms with Gasteiger partial charge in [0.05, 0.1) is 4.58 Å². The van der Waals surface area contributed by atoms with Crippen LogP contribution in [0.4, 0.5) is 17.1 Å². The van der Waals surface area contributed by atoms with Crippen molar-refractivity contribution in [3.05, 3.63) is 84.4 Å². The second kappa shape index (κ2) is 9.76. The molecule has 2 N–H and O–H groups in total. The van der Waals surface area contributed by atoms with Gasteiger partial charge in [-0.1, -0.05) is 30.3 Å². The number of benzene rings is 3. The molecule has 1 aliphatic rings. The highest BCUT2D eigenvalue weighted by molar-refractivity contribution is 8.19. The van der Waals surface area contributed by atoms with E-state index in [4.69, 9.17) is 4.74 Å². The van der Waals surface area contributed by atoms with Gasteiger partial charge in [0.1, 0.15) is 5.75 Å². The van der Waals surface area contributed by atoms with E-state index in [9.17, 15) is 4.79 Å². The molecule has 4 nitrogen and oxygen atoms in total. The van der Waals surface area contributed by atoms with Crippen molar-refractivity contribution >= 4 is 46.5 Å². The van der Waals surface area contributed by atoms with Crippen LogP contribution in [0.25, 0.3) is 0 Å². The molecule has 3 aromatic carbocycles. The Balaban J connectivity index is 1.25. The Hall–Kier alpha value is -2.57. The minimum atomic E-state index is -0.181. The molecule has 0 unspecified atom stereocenters. The first-order valence-electron chi connectivity index (χ1n) is 9.44. The van der Waals surface area contributed by atoms with Crippen molar-refractivity contribution in [3.8, 4) is 5.75 Å². The van der Waals surface area contributed by atoms with Crippen molar-refractivity contribution in [1.82, 2.24) is 0 Å². The summed E-state index contributed by atoms with van der Waals surface area (Å²) in [7, 11) is 0. The van der Waals surface area contributed by atoms with Crippen molar-refractivity contribution in [2.75, 3.05) is 28.7 Å². The van der Waals surface area contributed by atoms with E-state index in [-0.39, 0.29) is 12.5 Å². The van der Waals surface area contributed by atoms with Gasteiger partial charge in [0.25, 0.3) is 5.91 Å². The smallest absolute Gasteiger partial charge is 0.262 e. The van der Waals surface area contributed by atoms with E-state index in [1.807, 2.05) is 90.3 Å². The van der Waals surface area contributed by atoms with E-state index in [0.717, 1.165) is 17.1 Å². The van der Waals surface area contributed by atoms with Crippen LogP contribution < -0.4 is 15.4 Å². The molecule has 0 atom stereocenters. The maximum absolute atomic E-state index is 12.2. The number of carbonyl (C=O) groups is 1. The SMILES string of the molecule is O=C(COc1ccc(C2SCCS2)cc1)Nc1ccc(Nc2ccccc2)cc1. The molecule has 0 bridgehead atoms. The molecule has 29 heavy (non-hydrogen) atoms. The minimum absolute atomic E-state index is 0.0176. The number of amides is 1. The number of anilines is 3. The van der Waals surface area contributed by atoms with Crippen LogP contribution >= 0.6 is 23.5 Å². The third-order valence-corrected chi connectivity index (χ3v) is 7.48. The van der Waals surface area contributed by atoms with Gasteiger partial charge in [0.15, 0.2) is 6.61 Å². The Morgan fingerprint density at radius 1 is 0.828 bits per heavy atom. The lowest BCUT2D eigenvalue weighted by Crippen LogP contribution is -2.20. The number of carbonyl (C=O) groups excluding carboxylic acids is 1. The molecule has 6 heteroatoms. The largest absolute Gasteiger partial charge is 0.484 e. The zero-order chi connectivity index (χ0) is 19.9. The standard InChI is InChI=1S/C23H22N2O2S2/c26-22(16-27-21-12-6-17(7-13-21)23-28-14-15-29-23)25-20-10-8-19(9-11-20)24-18-4-2-1-3-5-18/h1-13,23-24H,14-16H2,(H,25,26). The van der Waals surface area contributed by atoms with Gasteiger partial charge in [-0.3, -0.25) is 4.79 Å². The molecule has 0 aliphatic carbocycles. The van der Waals surface area contributed by atoms with Crippen molar-refractivity contribution in [2.24, 2.45) is 0 Å². The van der Waals surface area contributed by atoms with Gasteiger partial charge in [0.2, 0.25) is 0 Å². The monoisotopic (exact) mass is 422 g/mol. The number of para-hydroxylation sites is 1. The summed E-state index contributed by atoms with van der Waals surface area (Å²) in [6.07, 6.45) is 0. The maximum atomic E-state index is 12.2. The molecule has 1 amide bonds. The summed E-state index contributed by atoms with van der Waals surface area (Å²) >= 11 is 3.95. The van der Waals surface area contributed by atoms with E-state index >= 15 is 0 Å². The number of nitrogens with one attached hydrogen (secondary N) is 2. The highest BCUT2D eigenvalue weighted by Crippen LogP contribution is 2.45. The van der Waals surface area contributed by atoms with Gasteiger partial charge >= 0.3 is 0 Å². The third-order valence-electron chi connectivity index (χ3n) is 4.38. The summed E-state index contributed by atoms with van der Waals surface area (Å²) in [6, 6.07) is 25.6. The van der Waals surface area contributed by atoms with Crippen LogP contribution in [-0.4, -0.2) is 24.0 Å². The molecular weight excluding hydrogens is 400 g/mol. The van der Waals surface area contributed by atoms with Gasteiger partial charge in [0, 0.05) is 28.6 Å². The lowest BCUT2D eigenvalue weighted by atomic mass is 10.2. The van der Waals surface area contributed by atoms with E-state index in [1.54, 1.807) is 0 Å². The van der Waals surface area contributed by atoms with Crippen LogP contribution in [0.2, 0.25) is 0 Å². The normalized spacial score (nSPS) is 13.8. The molecule has 3 aromatic rings. The second-order valence-electron chi connectivity index (χ2n) is 6.55. The predicted molar refractivity (Wildman–Crippen MR) is 124 cm³/mol. The zero-order valence-corrected chi connectivity index (χ0v) is 17.5. The molecule has 0 spiro atoms. The van der Waals surface area contributed by atoms with E-state index < -0.39 is 0 Å². The second-order valence-corrected chi connectivity index (χ2v) is 9.27. The van der Waals surface area contributed by atoms with E-state index in [1.165, 1.54) is 17.1 Å². The average molecular weight is 423 g/mol. The Bertz CT molecular complexity index is 925. The third kappa shape index (κ3) is 5.71. The highest BCUT2D eigenvalue weighted by atomic mass is 32.2. The first-order valence-corrected chi connectivity index (χ1v) is 11.5. The van der Waals surface area contributed by atoms with Crippen molar-refractivity contribution in [1.29, 1.82) is 0 Å². The van der Waals surface area contributed by atoms with Crippen LogP contribution in [-0.2, 0) is 4.79 Å². The molecular formula is C23H22N2O2S2. The topological polar surface area (TPSA) is 50.4 Å². The molecule has 1 aliphatic heterocycles. The zero-order valence-electron chi connectivity index (χ0n) is 15.8. The Morgan fingerprint density at radius 3 is 2.14 bits per heavy atom. The number of rotatable bonds is 7. The van der Waals surface area contributed by atoms with Crippen LogP contribution in [0.5, 0.6) is 5.75 Å². The number of thioether (sulfide) groups is 2. The maximum Gasteiger partial charge on any atom is 0.262 e. The Labute approximate surface area is 179 Å². The summed E-state index contributed by atoms with van der Waals surface area (Å²) in [6.45, 7) is -0.0176. The molecule has 0 saturated carbocycles.